The highest BCUT2D eigenvalue weighted by molar-refractivity contribution is 7.86. The minimum Gasteiger partial charge on any atom is -0.339 e. The maximum absolute atomic E-state index is 13.7. The Kier molecular flexibility index (Phi) is 8.20. The van der Waals surface area contributed by atoms with Crippen molar-refractivity contribution < 1.29 is 34.7 Å². The lowest BCUT2D eigenvalue weighted by Gasteiger charge is -2.09. The summed E-state index contributed by atoms with van der Waals surface area (Å²) in [5.74, 6) is -1.89. The number of nitrogens with zero attached hydrogens (tertiary/aromatic N) is 5. The van der Waals surface area contributed by atoms with Crippen LogP contribution in [0, 0.1) is 18.9 Å². The first-order valence-electron chi connectivity index (χ1n) is 10.4. The lowest BCUT2D eigenvalue weighted by molar-refractivity contribution is 0.481. The molecule has 0 bridgehead atoms. The molecular formula is C20H12Cl3F2N7O7S2. The van der Waals surface area contributed by atoms with Crippen molar-refractivity contribution in [2.45, 2.75) is 16.7 Å². The van der Waals surface area contributed by atoms with E-state index in [0.29, 0.717) is 0 Å². The van der Waals surface area contributed by atoms with Crippen LogP contribution in [0.25, 0.3) is 5.69 Å². The van der Waals surface area contributed by atoms with E-state index in [1.807, 2.05) is 0 Å². The number of aromatic nitrogens is 4. The van der Waals surface area contributed by atoms with E-state index in [2.05, 4.69) is 30.6 Å². The van der Waals surface area contributed by atoms with Gasteiger partial charge < -0.3 is 5.32 Å². The van der Waals surface area contributed by atoms with E-state index < -0.39 is 69.2 Å². The first-order chi connectivity index (χ1) is 19.0. The molecule has 0 radical (unpaired) electrons. The van der Waals surface area contributed by atoms with Gasteiger partial charge in [0, 0.05) is 5.69 Å². The van der Waals surface area contributed by atoms with Crippen molar-refractivity contribution >= 4 is 77.9 Å². The predicted octanol–water partition coefficient (Wildman–Crippen LogP) is 5.15. The van der Waals surface area contributed by atoms with Crippen LogP contribution in [0.5, 0.6) is 0 Å². The summed E-state index contributed by atoms with van der Waals surface area (Å²) >= 11 is 17.8. The summed E-state index contributed by atoms with van der Waals surface area (Å²) < 4.78 is 93.6. The van der Waals surface area contributed by atoms with Gasteiger partial charge in [-0.2, -0.15) is 35.6 Å². The minimum absolute atomic E-state index is 0.0608. The normalized spacial score (nSPS) is 12.3. The number of aryl methyl sites for hydroxylation is 1. The van der Waals surface area contributed by atoms with Gasteiger partial charge in [-0.25, -0.2) is 4.68 Å². The molecular weight excluding hydrogens is 659 g/mol. The molecule has 0 unspecified atom stereocenters. The summed E-state index contributed by atoms with van der Waals surface area (Å²) in [6, 6.07) is 4.77. The maximum atomic E-state index is 13.7. The summed E-state index contributed by atoms with van der Waals surface area (Å²) in [6.07, 6.45) is -1.45. The molecule has 0 spiro atoms. The van der Waals surface area contributed by atoms with Gasteiger partial charge in [0.05, 0.1) is 21.4 Å². The molecule has 0 fully saturated rings. The number of halogens is 5. The van der Waals surface area contributed by atoms with E-state index >= 15 is 0 Å². The van der Waals surface area contributed by atoms with Crippen LogP contribution in [-0.4, -0.2) is 45.7 Å². The van der Waals surface area contributed by atoms with E-state index in [4.69, 9.17) is 34.8 Å². The molecule has 0 saturated heterocycles. The van der Waals surface area contributed by atoms with E-state index in [0.717, 1.165) is 35.0 Å². The highest BCUT2D eigenvalue weighted by atomic mass is 35.5. The number of H-pyrrole nitrogens is 1. The van der Waals surface area contributed by atoms with Crippen molar-refractivity contribution in [2.24, 2.45) is 10.2 Å². The third-order valence-corrected chi connectivity index (χ3v) is 7.96. The number of hydrogen-bond acceptors (Lipinski definition) is 10. The van der Waals surface area contributed by atoms with Gasteiger partial charge in [0.15, 0.2) is 11.5 Å². The van der Waals surface area contributed by atoms with Crippen molar-refractivity contribution in [3.05, 3.63) is 73.5 Å². The molecule has 2 heterocycles. The zero-order valence-corrected chi connectivity index (χ0v) is 23.7. The van der Waals surface area contributed by atoms with Gasteiger partial charge >= 0.3 is 6.08 Å². The second kappa shape index (κ2) is 11.0. The second-order valence-corrected chi connectivity index (χ2v) is 11.8. The van der Waals surface area contributed by atoms with Gasteiger partial charge in [-0.15, -0.1) is 10.2 Å². The van der Waals surface area contributed by atoms with Crippen LogP contribution < -0.4 is 10.9 Å². The molecule has 14 nitrogen and oxygen atoms in total. The molecule has 0 aliphatic rings. The van der Waals surface area contributed by atoms with E-state index in [-0.39, 0.29) is 27.8 Å². The molecule has 2 aromatic carbocycles. The largest absolute Gasteiger partial charge is 0.339 e. The smallest absolute Gasteiger partial charge is 0.313 e. The molecule has 4 rings (SSSR count). The van der Waals surface area contributed by atoms with Crippen LogP contribution in [-0.2, 0) is 20.2 Å². The Morgan fingerprint density at radius 1 is 0.951 bits per heavy atom. The van der Waals surface area contributed by atoms with Crippen molar-refractivity contribution in [3.8, 4) is 5.69 Å². The van der Waals surface area contributed by atoms with Crippen LogP contribution in [0.4, 0.5) is 31.7 Å². The van der Waals surface area contributed by atoms with Crippen molar-refractivity contribution in [1.82, 2.24) is 19.7 Å². The van der Waals surface area contributed by atoms with Gasteiger partial charge in [0.25, 0.3) is 25.8 Å². The van der Waals surface area contributed by atoms with Gasteiger partial charge in [-0.3, -0.25) is 19.0 Å². The molecule has 0 aliphatic heterocycles. The quantitative estimate of drug-likeness (QED) is 0.0879. The Morgan fingerprint density at radius 3 is 2.24 bits per heavy atom. The Balaban J connectivity index is 1.78. The topological polar surface area (TPSA) is 209 Å². The van der Waals surface area contributed by atoms with Crippen LogP contribution in [0.3, 0.4) is 0 Å². The number of rotatable bonds is 7. The zero-order valence-electron chi connectivity index (χ0n) is 19.8. The van der Waals surface area contributed by atoms with Crippen molar-refractivity contribution in [3.63, 3.8) is 0 Å². The average molecular weight is 671 g/mol. The van der Waals surface area contributed by atoms with E-state index in [9.17, 15) is 39.5 Å². The number of aromatic amines is 1. The van der Waals surface area contributed by atoms with Gasteiger partial charge in [-0.05, 0) is 37.3 Å². The molecule has 0 amide bonds. The fourth-order valence-electron chi connectivity index (χ4n) is 3.32. The molecule has 216 valence electrons. The van der Waals surface area contributed by atoms with E-state index in [1.54, 1.807) is 0 Å². The predicted molar refractivity (Wildman–Crippen MR) is 142 cm³/mol. The minimum atomic E-state index is -4.88. The number of hydrogen-bond donors (Lipinski definition) is 4. The van der Waals surface area contributed by atoms with Gasteiger partial charge in [0.2, 0.25) is 5.95 Å². The summed E-state index contributed by atoms with van der Waals surface area (Å²) in [6.45, 7) is 1.39. The Labute approximate surface area is 243 Å². The fraction of sp³-hybridized carbons (Fsp3) is 0.0500. The lowest BCUT2D eigenvalue weighted by Crippen LogP contribution is -2.15. The highest BCUT2D eigenvalue weighted by Gasteiger charge is 2.22. The number of anilines is 2. The molecule has 21 heteroatoms. The third-order valence-electron chi connectivity index (χ3n) is 5.10. The Hall–Kier alpha value is -3.52. The monoisotopic (exact) mass is 669 g/mol. The van der Waals surface area contributed by atoms with Crippen LogP contribution in [0.1, 0.15) is 5.69 Å². The first kappa shape index (κ1) is 30.4. The lowest BCUT2D eigenvalue weighted by atomic mass is 10.3. The van der Waals surface area contributed by atoms with Crippen LogP contribution in [0.2, 0.25) is 15.1 Å². The highest BCUT2D eigenvalue weighted by Crippen LogP contribution is 2.33. The first-order valence-corrected chi connectivity index (χ1v) is 14.5. The summed E-state index contributed by atoms with van der Waals surface area (Å²) in [5, 5.41) is 11.1. The molecule has 4 aromatic rings. The number of benzene rings is 2. The molecule has 0 aliphatic carbocycles. The average Bonchev–Trinajstić information content (AvgIpc) is 3.13. The van der Waals surface area contributed by atoms with Crippen LogP contribution >= 0.6 is 34.8 Å². The maximum Gasteiger partial charge on any atom is 0.313 e. The summed E-state index contributed by atoms with van der Waals surface area (Å²) in [7, 11) is -9.61. The molecule has 2 aromatic heterocycles. The van der Waals surface area contributed by atoms with Gasteiger partial charge in [0.1, 0.15) is 20.5 Å². The molecule has 41 heavy (non-hydrogen) atoms. The molecule has 0 saturated carbocycles. The third kappa shape index (κ3) is 6.38. The molecule has 0 atom stereocenters. The van der Waals surface area contributed by atoms with Gasteiger partial charge in [-0.1, -0.05) is 34.8 Å². The Bertz CT molecular complexity index is 2040. The SMILES string of the molecule is Cc1[nH]n(-c2cc(Cl)c(S(=O)(=O)O)cc2Cl)c(=O)c1N=Nc1cc(Nc2nc(F)nc(F)c2Cl)ccc1S(=O)(=O)O. The summed E-state index contributed by atoms with van der Waals surface area (Å²) in [4.78, 5) is 17.8. The Morgan fingerprint density at radius 2 is 1.61 bits per heavy atom. The number of azo groups is 1. The van der Waals surface area contributed by atoms with Crippen LogP contribution in [0.15, 0.2) is 55.1 Å². The standard InChI is InChI=1S/C20H12Cl3F2N7O7S2/c1-7-16(19(33)32(31-7)12-5-10(22)14(6-9(12)21)41(37,38)39)30-29-11-4-8(2-3-13(11)40(34,35)36)26-18-15(23)17(24)27-20(25)28-18/h2-6,31H,1H3,(H,26,27,28)(H,34,35,36)(H,37,38,39). The molecule has 4 N–H and O–H groups in total. The second-order valence-electron chi connectivity index (χ2n) is 7.86. The van der Waals surface area contributed by atoms with Crippen molar-refractivity contribution in [1.29, 1.82) is 0 Å². The van der Waals surface area contributed by atoms with Crippen molar-refractivity contribution in [2.75, 3.05) is 5.32 Å². The summed E-state index contributed by atoms with van der Waals surface area (Å²) in [5.41, 5.74) is -1.91. The fourth-order valence-corrected chi connectivity index (χ4v) is 5.39. The number of nitrogens with one attached hydrogen (secondary N) is 2. The zero-order chi connectivity index (χ0) is 30.4. The van der Waals surface area contributed by atoms with E-state index in [1.165, 1.54) is 6.92 Å².